The van der Waals surface area contributed by atoms with Gasteiger partial charge in [0.25, 0.3) is 0 Å². The van der Waals surface area contributed by atoms with Gasteiger partial charge < -0.3 is 5.43 Å². The zero-order chi connectivity index (χ0) is 4.41. The third kappa shape index (κ3) is 0.844. The van der Waals surface area contributed by atoms with Gasteiger partial charge in [0.05, 0.1) is 4.05 Å². The van der Waals surface area contributed by atoms with E-state index < -0.39 is 0 Å². The molecule has 0 aromatic heterocycles. The van der Waals surface area contributed by atoms with Crippen LogP contribution in [0, 0.1) is 0 Å². The van der Waals surface area contributed by atoms with Crippen LogP contribution < -0.4 is 10.9 Å². The Hall–Kier alpha value is 0.230. The van der Waals surface area contributed by atoms with Crippen molar-refractivity contribution in [2.75, 3.05) is 0 Å². The van der Waals surface area contributed by atoms with Crippen LogP contribution in [0.5, 0.6) is 0 Å². The Morgan fingerprint density at radius 2 is 2.50 bits per heavy atom. The average molecular weight is 196 g/mol. The van der Waals surface area contributed by atoms with E-state index in [1.165, 1.54) is 0 Å². The predicted octanol–water partition coefficient (Wildman–Crippen LogP) is 0.369. The molecule has 0 aromatic carbocycles. The first-order chi connectivity index (χ1) is 2.89. The minimum atomic E-state index is 0.475. The molecule has 1 unspecified atom stereocenters. The van der Waals surface area contributed by atoms with Crippen molar-refractivity contribution >= 4 is 22.6 Å². The van der Waals surface area contributed by atoms with Gasteiger partial charge in [0.2, 0.25) is 0 Å². The molecule has 0 bridgehead atoms. The van der Waals surface area contributed by atoms with Gasteiger partial charge in [-0.1, -0.05) is 22.6 Å². The molecule has 0 amide bonds. The van der Waals surface area contributed by atoms with Crippen molar-refractivity contribution < 1.29 is 0 Å². The molecule has 0 spiro atoms. The summed E-state index contributed by atoms with van der Waals surface area (Å²) in [5.74, 6) is 0. The van der Waals surface area contributed by atoms with Gasteiger partial charge in [-0.05, 0) is 6.08 Å². The molecule has 0 radical (unpaired) electrons. The topological polar surface area (TPSA) is 24.1 Å². The molecule has 1 rings (SSSR count). The molecule has 1 heterocycles. The first-order valence-electron chi connectivity index (χ1n) is 1.71. The maximum atomic E-state index is 2.94. The van der Waals surface area contributed by atoms with Gasteiger partial charge in [0.1, 0.15) is 0 Å². The van der Waals surface area contributed by atoms with Crippen LogP contribution in [0.15, 0.2) is 12.3 Å². The van der Waals surface area contributed by atoms with E-state index in [0.717, 1.165) is 0 Å². The van der Waals surface area contributed by atoms with E-state index in [9.17, 15) is 0 Å². The molecule has 0 fully saturated rings. The lowest BCUT2D eigenvalue weighted by Crippen LogP contribution is -2.25. The summed E-state index contributed by atoms with van der Waals surface area (Å²) in [4.78, 5) is 0. The molecule has 2 N–H and O–H groups in total. The maximum absolute atomic E-state index is 2.94. The van der Waals surface area contributed by atoms with Crippen molar-refractivity contribution in [3.63, 3.8) is 0 Å². The lowest BCUT2D eigenvalue weighted by Gasteiger charge is -1.93. The number of halogens is 1. The quantitative estimate of drug-likeness (QED) is 0.332. The largest absolute Gasteiger partial charge is 0.328 e. The number of hydrogen-bond acceptors (Lipinski definition) is 2. The molecular weight excluding hydrogens is 191 g/mol. The molecule has 6 heavy (non-hydrogen) atoms. The highest BCUT2D eigenvalue weighted by Crippen LogP contribution is 1.97. The highest BCUT2D eigenvalue weighted by atomic mass is 127. The smallest absolute Gasteiger partial charge is 0.0971 e. The minimum absolute atomic E-state index is 0.475. The first kappa shape index (κ1) is 4.39. The molecule has 2 nitrogen and oxygen atoms in total. The van der Waals surface area contributed by atoms with Crippen LogP contribution in [-0.2, 0) is 0 Å². The van der Waals surface area contributed by atoms with Crippen LogP contribution in [0.1, 0.15) is 0 Å². The lowest BCUT2D eigenvalue weighted by atomic mass is 10.7. The highest BCUT2D eigenvalue weighted by molar-refractivity contribution is 14.1. The Morgan fingerprint density at radius 3 is 2.67 bits per heavy atom. The third-order valence-corrected chi connectivity index (χ3v) is 1.30. The number of rotatable bonds is 0. The molecule has 0 aromatic rings. The number of nitrogens with one attached hydrogen (secondary N) is 2. The second kappa shape index (κ2) is 1.79. The summed E-state index contributed by atoms with van der Waals surface area (Å²) in [6.07, 6.45) is 3.93. The molecule has 0 saturated carbocycles. The summed E-state index contributed by atoms with van der Waals surface area (Å²) in [7, 11) is 0. The third-order valence-electron chi connectivity index (χ3n) is 0.570. The van der Waals surface area contributed by atoms with Crippen molar-refractivity contribution in [3.8, 4) is 0 Å². The van der Waals surface area contributed by atoms with E-state index in [1.807, 2.05) is 12.3 Å². The highest BCUT2D eigenvalue weighted by Gasteiger charge is 1.97. The Morgan fingerprint density at radius 1 is 1.67 bits per heavy atom. The molecule has 1 atom stereocenters. The van der Waals surface area contributed by atoms with Crippen LogP contribution in [0.25, 0.3) is 0 Å². The van der Waals surface area contributed by atoms with Crippen molar-refractivity contribution in [1.82, 2.24) is 10.9 Å². The molecule has 34 valence electrons. The second-order valence-corrected chi connectivity index (χ2v) is 2.39. The van der Waals surface area contributed by atoms with Gasteiger partial charge in [0.15, 0.2) is 0 Å². The fourth-order valence-corrected chi connectivity index (χ4v) is 0.696. The SMILES string of the molecule is IC1C=CNN1. The molecule has 3 heteroatoms. The van der Waals surface area contributed by atoms with Gasteiger partial charge in [0, 0.05) is 6.20 Å². The molecule has 0 aliphatic carbocycles. The monoisotopic (exact) mass is 196 g/mol. The first-order valence-corrected chi connectivity index (χ1v) is 2.96. The van der Waals surface area contributed by atoms with E-state index in [-0.39, 0.29) is 0 Å². The Bertz CT molecular complexity index is 71.2. The normalized spacial score (nSPS) is 30.5. The summed E-state index contributed by atoms with van der Waals surface area (Å²) >= 11 is 2.27. The summed E-state index contributed by atoms with van der Waals surface area (Å²) in [6.45, 7) is 0. The van der Waals surface area contributed by atoms with Crippen molar-refractivity contribution in [2.24, 2.45) is 0 Å². The molecule has 1 aliphatic rings. The summed E-state index contributed by atoms with van der Waals surface area (Å²) in [5.41, 5.74) is 5.78. The van der Waals surface area contributed by atoms with Crippen molar-refractivity contribution in [1.29, 1.82) is 0 Å². The van der Waals surface area contributed by atoms with Gasteiger partial charge in [-0.15, -0.1) is 0 Å². The van der Waals surface area contributed by atoms with Crippen LogP contribution in [-0.4, -0.2) is 4.05 Å². The fourth-order valence-electron chi connectivity index (χ4n) is 0.308. The Kier molecular flexibility index (Phi) is 1.31. The van der Waals surface area contributed by atoms with Crippen LogP contribution in [0.4, 0.5) is 0 Å². The van der Waals surface area contributed by atoms with E-state index in [4.69, 9.17) is 0 Å². The molecule has 1 aliphatic heterocycles. The predicted molar refractivity (Wildman–Crippen MR) is 33.2 cm³/mol. The fraction of sp³-hybridized carbons (Fsp3) is 0.333. The van der Waals surface area contributed by atoms with Crippen LogP contribution in [0.2, 0.25) is 0 Å². The number of alkyl halides is 1. The van der Waals surface area contributed by atoms with E-state index in [0.29, 0.717) is 4.05 Å². The standard InChI is InChI=1S/C3H5IN2/c4-3-1-2-5-6-3/h1-3,5-6H. The maximum Gasteiger partial charge on any atom is 0.0971 e. The van der Waals surface area contributed by atoms with E-state index in [1.54, 1.807) is 0 Å². The van der Waals surface area contributed by atoms with Crippen LogP contribution >= 0.6 is 22.6 Å². The second-order valence-electron chi connectivity index (χ2n) is 1.05. The van der Waals surface area contributed by atoms with Gasteiger partial charge >= 0.3 is 0 Å². The zero-order valence-corrected chi connectivity index (χ0v) is 5.27. The van der Waals surface area contributed by atoms with Crippen LogP contribution in [0.3, 0.4) is 0 Å². The molecule has 0 saturated heterocycles. The Labute approximate surface area is 50.1 Å². The number of hydrogen-bond donors (Lipinski definition) is 2. The van der Waals surface area contributed by atoms with Crippen molar-refractivity contribution in [3.05, 3.63) is 12.3 Å². The Balaban J connectivity index is 2.38. The van der Waals surface area contributed by atoms with E-state index >= 15 is 0 Å². The van der Waals surface area contributed by atoms with Gasteiger partial charge in [-0.25, -0.2) is 5.43 Å². The minimum Gasteiger partial charge on any atom is -0.328 e. The van der Waals surface area contributed by atoms with E-state index in [2.05, 4.69) is 33.4 Å². The lowest BCUT2D eigenvalue weighted by molar-refractivity contribution is 0.713. The summed E-state index contributed by atoms with van der Waals surface area (Å²) in [5, 5.41) is 0. The molecular formula is C3H5IN2. The summed E-state index contributed by atoms with van der Waals surface area (Å²) in [6, 6.07) is 0. The average Bonchev–Trinajstić information content (AvgIpc) is 1.86. The number of hydrazine groups is 1. The zero-order valence-electron chi connectivity index (χ0n) is 3.11. The van der Waals surface area contributed by atoms with Gasteiger partial charge in [-0.2, -0.15) is 0 Å². The van der Waals surface area contributed by atoms with Crippen molar-refractivity contribution in [2.45, 2.75) is 4.05 Å². The summed E-state index contributed by atoms with van der Waals surface area (Å²) < 4.78 is 0.475. The van der Waals surface area contributed by atoms with Gasteiger partial charge in [-0.3, -0.25) is 0 Å².